The van der Waals surface area contributed by atoms with Crippen LogP contribution in [-0.2, 0) is 0 Å². The highest BCUT2D eigenvalue weighted by Gasteiger charge is 2.36. The summed E-state index contributed by atoms with van der Waals surface area (Å²) in [5.41, 5.74) is 4.14. The molecule has 4 aromatic carbocycles. The minimum absolute atomic E-state index is 0.0298. The maximum absolute atomic E-state index is 13.3. The van der Waals surface area contributed by atoms with E-state index in [2.05, 4.69) is 10.2 Å². The molecule has 3 unspecified atom stereocenters. The average Bonchev–Trinajstić information content (AvgIpc) is 3.32. The van der Waals surface area contributed by atoms with Crippen LogP contribution in [-0.4, -0.2) is 28.0 Å². The van der Waals surface area contributed by atoms with Crippen LogP contribution in [0, 0.1) is 5.82 Å². The van der Waals surface area contributed by atoms with Crippen molar-refractivity contribution in [2.75, 3.05) is 11.6 Å². The topological polar surface area (TPSA) is 76.0 Å². The van der Waals surface area contributed by atoms with Gasteiger partial charge in [0.2, 0.25) is 0 Å². The Morgan fingerprint density at radius 1 is 0.861 bits per heavy atom. The summed E-state index contributed by atoms with van der Waals surface area (Å²) in [7, 11) is 0. The normalized spacial score (nSPS) is 18.3. The Morgan fingerprint density at radius 2 is 1.61 bits per heavy atom. The molecule has 5 nitrogen and oxygen atoms in total. The van der Waals surface area contributed by atoms with Gasteiger partial charge in [0.1, 0.15) is 17.3 Å². The molecule has 0 saturated carbocycles. The van der Waals surface area contributed by atoms with Crippen molar-refractivity contribution in [3.8, 4) is 22.6 Å². The number of aliphatic hydroxyl groups excluding tert-OH is 1. The van der Waals surface area contributed by atoms with Gasteiger partial charge in [0, 0.05) is 17.3 Å². The third-order valence-corrected chi connectivity index (χ3v) is 6.86. The van der Waals surface area contributed by atoms with E-state index in [1.54, 1.807) is 36.4 Å². The first-order valence-electron chi connectivity index (χ1n) is 12.1. The first-order chi connectivity index (χ1) is 17.5. The van der Waals surface area contributed by atoms with Gasteiger partial charge in [-0.2, -0.15) is 0 Å². The van der Waals surface area contributed by atoms with Gasteiger partial charge in [-0.25, -0.2) is 4.39 Å². The minimum Gasteiger partial charge on any atom is -0.508 e. The van der Waals surface area contributed by atoms with Crippen LogP contribution in [0.5, 0.6) is 11.5 Å². The fourth-order valence-electron chi connectivity index (χ4n) is 5.01. The van der Waals surface area contributed by atoms with E-state index in [9.17, 15) is 19.7 Å². The Kier molecular flexibility index (Phi) is 6.89. The van der Waals surface area contributed by atoms with Crippen LogP contribution in [0.15, 0.2) is 97.1 Å². The third-order valence-electron chi connectivity index (χ3n) is 6.86. The van der Waals surface area contributed by atoms with Crippen molar-refractivity contribution in [1.82, 2.24) is 5.32 Å². The summed E-state index contributed by atoms with van der Waals surface area (Å²) < 4.78 is 13.3. The molecule has 4 N–H and O–H groups in total. The lowest BCUT2D eigenvalue weighted by Crippen LogP contribution is -2.29. The number of anilines is 1. The van der Waals surface area contributed by atoms with Gasteiger partial charge in [0.25, 0.3) is 0 Å². The van der Waals surface area contributed by atoms with Crippen LogP contribution in [0.1, 0.15) is 36.1 Å². The second-order valence-corrected chi connectivity index (χ2v) is 9.19. The van der Waals surface area contributed by atoms with E-state index in [4.69, 9.17) is 0 Å². The Balaban J connectivity index is 1.42. The van der Waals surface area contributed by atoms with Gasteiger partial charge >= 0.3 is 0 Å². The highest BCUT2D eigenvalue weighted by atomic mass is 19.1. The molecular weight excluding hydrogens is 455 g/mol. The molecule has 4 aromatic rings. The number of nitrogens with one attached hydrogen (secondary N) is 1. The summed E-state index contributed by atoms with van der Waals surface area (Å²) in [6.07, 6.45) is 0.436. The molecule has 0 radical (unpaired) electrons. The van der Waals surface area contributed by atoms with Crippen molar-refractivity contribution in [1.29, 1.82) is 0 Å². The van der Waals surface area contributed by atoms with Crippen LogP contribution >= 0.6 is 0 Å². The Labute approximate surface area is 210 Å². The van der Waals surface area contributed by atoms with Crippen LogP contribution < -0.4 is 10.2 Å². The zero-order valence-electron chi connectivity index (χ0n) is 19.8. The molecule has 0 spiro atoms. The van der Waals surface area contributed by atoms with Gasteiger partial charge in [-0.1, -0.05) is 54.6 Å². The Bertz CT molecular complexity index is 1310. The second kappa shape index (κ2) is 10.4. The Morgan fingerprint density at radius 3 is 2.33 bits per heavy atom. The highest BCUT2D eigenvalue weighted by molar-refractivity contribution is 5.68. The lowest BCUT2D eigenvalue weighted by Gasteiger charge is -2.30. The van der Waals surface area contributed by atoms with E-state index in [0.29, 0.717) is 25.1 Å². The van der Waals surface area contributed by atoms with E-state index < -0.39 is 6.10 Å². The SMILES string of the molecule is Oc1cccc(-c2ccc(C3C(CCC(O)c4ccc(F)cc4)NCN3c3ccccc3)c(O)c2)c1. The van der Waals surface area contributed by atoms with Gasteiger partial charge in [-0.3, -0.25) is 5.32 Å². The number of benzene rings is 4. The lowest BCUT2D eigenvalue weighted by atomic mass is 9.91. The number of hydrogen-bond acceptors (Lipinski definition) is 5. The fraction of sp³-hybridized carbons (Fsp3) is 0.200. The number of phenols is 2. The van der Waals surface area contributed by atoms with Gasteiger partial charge in [0.15, 0.2) is 0 Å². The average molecular weight is 485 g/mol. The predicted octanol–water partition coefficient (Wildman–Crippen LogP) is 5.89. The van der Waals surface area contributed by atoms with Gasteiger partial charge < -0.3 is 20.2 Å². The standard InChI is InChI=1S/C30H29FN2O3/c31-23-12-9-20(10-13-23)28(35)16-15-27-30(33(19-32-27)24-6-2-1-3-7-24)26-14-11-22(18-29(26)36)21-5-4-8-25(34)17-21/h1-14,17-18,27-28,30,32,34-36H,15-16,19H2. The van der Waals surface area contributed by atoms with Gasteiger partial charge in [0.05, 0.1) is 18.8 Å². The molecule has 184 valence electrons. The van der Waals surface area contributed by atoms with Crippen LogP contribution in [0.2, 0.25) is 0 Å². The molecule has 5 rings (SSSR count). The predicted molar refractivity (Wildman–Crippen MR) is 139 cm³/mol. The first kappa shape index (κ1) is 23.9. The van der Waals surface area contributed by atoms with E-state index in [0.717, 1.165) is 22.4 Å². The molecule has 1 aliphatic rings. The van der Waals surface area contributed by atoms with Crippen molar-refractivity contribution < 1.29 is 19.7 Å². The van der Waals surface area contributed by atoms with Crippen molar-refractivity contribution in [3.63, 3.8) is 0 Å². The molecular formula is C30H29FN2O3. The molecule has 1 saturated heterocycles. The maximum atomic E-state index is 13.3. The van der Waals surface area contributed by atoms with Crippen LogP contribution in [0.25, 0.3) is 11.1 Å². The number of rotatable bonds is 7. The Hall–Kier alpha value is -3.87. The fourth-order valence-corrected chi connectivity index (χ4v) is 5.01. The number of nitrogens with zero attached hydrogens (tertiary/aromatic N) is 1. The highest BCUT2D eigenvalue weighted by Crippen LogP contribution is 2.41. The number of halogens is 1. The molecule has 3 atom stereocenters. The largest absolute Gasteiger partial charge is 0.508 e. The third kappa shape index (κ3) is 5.05. The molecule has 0 bridgehead atoms. The molecule has 0 aliphatic carbocycles. The van der Waals surface area contributed by atoms with E-state index in [1.165, 1.54) is 12.1 Å². The van der Waals surface area contributed by atoms with Crippen LogP contribution in [0.4, 0.5) is 10.1 Å². The number of aliphatic hydroxyl groups is 1. The van der Waals surface area contributed by atoms with E-state index in [-0.39, 0.29) is 29.4 Å². The molecule has 1 fully saturated rings. The molecule has 1 heterocycles. The van der Waals surface area contributed by atoms with Gasteiger partial charge in [-0.15, -0.1) is 0 Å². The second-order valence-electron chi connectivity index (χ2n) is 9.19. The molecule has 1 aliphatic heterocycles. The van der Waals surface area contributed by atoms with Crippen molar-refractivity contribution >= 4 is 5.69 Å². The van der Waals surface area contributed by atoms with Crippen molar-refractivity contribution in [3.05, 3.63) is 114 Å². The summed E-state index contributed by atoms with van der Waals surface area (Å²) in [6.45, 7) is 0.597. The minimum atomic E-state index is -0.708. The summed E-state index contributed by atoms with van der Waals surface area (Å²) in [4.78, 5) is 2.22. The monoisotopic (exact) mass is 484 g/mol. The maximum Gasteiger partial charge on any atom is 0.123 e. The zero-order valence-corrected chi connectivity index (χ0v) is 19.8. The lowest BCUT2D eigenvalue weighted by molar-refractivity contribution is 0.159. The molecule has 6 heteroatoms. The zero-order chi connectivity index (χ0) is 25.1. The van der Waals surface area contributed by atoms with Crippen molar-refractivity contribution in [2.24, 2.45) is 0 Å². The smallest absolute Gasteiger partial charge is 0.123 e. The molecule has 36 heavy (non-hydrogen) atoms. The summed E-state index contributed by atoms with van der Waals surface area (Å²) in [5.74, 6) is 0.0206. The number of aromatic hydroxyl groups is 2. The summed E-state index contributed by atoms with van der Waals surface area (Å²) in [6, 6.07) is 28.4. The quantitative estimate of drug-likeness (QED) is 0.263. The molecule has 0 amide bonds. The first-order valence-corrected chi connectivity index (χ1v) is 12.1. The van der Waals surface area contributed by atoms with E-state index >= 15 is 0 Å². The summed E-state index contributed by atoms with van der Waals surface area (Å²) >= 11 is 0. The molecule has 0 aromatic heterocycles. The summed E-state index contributed by atoms with van der Waals surface area (Å²) in [5, 5.41) is 35.3. The van der Waals surface area contributed by atoms with Gasteiger partial charge in [-0.05, 0) is 72.0 Å². The number of para-hydroxylation sites is 1. The number of phenolic OH excluding ortho intramolecular Hbond substituents is 2. The number of hydrogen-bond donors (Lipinski definition) is 4. The van der Waals surface area contributed by atoms with E-state index in [1.807, 2.05) is 48.5 Å². The van der Waals surface area contributed by atoms with Crippen LogP contribution in [0.3, 0.4) is 0 Å². The van der Waals surface area contributed by atoms with Crippen molar-refractivity contribution in [2.45, 2.75) is 31.0 Å².